The summed E-state index contributed by atoms with van der Waals surface area (Å²) in [6.45, 7) is 8.31. The predicted molar refractivity (Wildman–Crippen MR) is 113 cm³/mol. The first-order valence-corrected chi connectivity index (χ1v) is 10.2. The van der Waals surface area contributed by atoms with E-state index in [1.807, 2.05) is 20.8 Å². The Kier molecular flexibility index (Phi) is 6.43. The number of benzene rings is 1. The minimum absolute atomic E-state index is 0.286. The van der Waals surface area contributed by atoms with E-state index in [1.54, 1.807) is 31.2 Å². The molecule has 3 aromatic rings. The number of esters is 2. The minimum atomic E-state index is -0.358. The molecule has 152 valence electrons. The molecule has 0 saturated heterocycles. The van der Waals surface area contributed by atoms with Crippen LogP contribution in [-0.2, 0) is 9.47 Å². The Hall–Kier alpha value is -3.00. The Morgan fingerprint density at radius 3 is 2.48 bits per heavy atom. The van der Waals surface area contributed by atoms with E-state index in [-0.39, 0.29) is 17.9 Å². The SMILES string of the molecule is CCOC(=O)c1sc2ncnc(Nc3ccc(C(=O)OCC(C)C)cc3)c2c1C. The maximum Gasteiger partial charge on any atom is 0.348 e. The third kappa shape index (κ3) is 4.71. The molecule has 7 nitrogen and oxygen atoms in total. The van der Waals surface area contributed by atoms with Crippen LogP contribution in [0.5, 0.6) is 0 Å². The summed E-state index contributed by atoms with van der Waals surface area (Å²) in [6.07, 6.45) is 1.45. The van der Waals surface area contributed by atoms with Crippen molar-refractivity contribution in [2.45, 2.75) is 27.7 Å². The van der Waals surface area contributed by atoms with E-state index in [0.29, 0.717) is 34.3 Å². The number of ether oxygens (including phenoxy) is 2. The van der Waals surface area contributed by atoms with Crippen LogP contribution in [-0.4, -0.2) is 35.1 Å². The summed E-state index contributed by atoms with van der Waals surface area (Å²) in [5.74, 6) is 0.175. The fourth-order valence-electron chi connectivity index (χ4n) is 2.71. The molecule has 0 radical (unpaired) electrons. The quantitative estimate of drug-likeness (QED) is 0.560. The number of nitrogens with one attached hydrogen (secondary N) is 1. The van der Waals surface area contributed by atoms with E-state index in [9.17, 15) is 9.59 Å². The van der Waals surface area contributed by atoms with Crippen molar-refractivity contribution in [1.82, 2.24) is 9.97 Å². The van der Waals surface area contributed by atoms with Gasteiger partial charge in [0.25, 0.3) is 0 Å². The Morgan fingerprint density at radius 2 is 1.83 bits per heavy atom. The number of hydrogen-bond donors (Lipinski definition) is 1. The Labute approximate surface area is 173 Å². The van der Waals surface area contributed by atoms with Gasteiger partial charge in [0.15, 0.2) is 0 Å². The number of aromatic nitrogens is 2. The second kappa shape index (κ2) is 9.00. The molecule has 8 heteroatoms. The van der Waals surface area contributed by atoms with Crippen molar-refractivity contribution in [2.24, 2.45) is 5.92 Å². The molecule has 0 unspecified atom stereocenters. The van der Waals surface area contributed by atoms with E-state index >= 15 is 0 Å². The molecular formula is C21H23N3O4S. The van der Waals surface area contributed by atoms with Crippen molar-refractivity contribution in [3.05, 3.63) is 46.6 Å². The van der Waals surface area contributed by atoms with E-state index in [1.165, 1.54) is 17.7 Å². The van der Waals surface area contributed by atoms with Gasteiger partial charge >= 0.3 is 11.9 Å². The molecule has 29 heavy (non-hydrogen) atoms. The van der Waals surface area contributed by atoms with Crippen LogP contribution >= 0.6 is 11.3 Å². The van der Waals surface area contributed by atoms with Gasteiger partial charge in [-0.25, -0.2) is 19.6 Å². The van der Waals surface area contributed by atoms with Crippen molar-refractivity contribution < 1.29 is 19.1 Å². The maximum atomic E-state index is 12.2. The van der Waals surface area contributed by atoms with Gasteiger partial charge in [0.2, 0.25) is 0 Å². The number of nitrogens with zero attached hydrogens (tertiary/aromatic N) is 2. The van der Waals surface area contributed by atoms with Crippen molar-refractivity contribution in [2.75, 3.05) is 18.5 Å². The van der Waals surface area contributed by atoms with E-state index in [0.717, 1.165) is 16.6 Å². The Balaban J connectivity index is 1.83. The molecule has 3 rings (SSSR count). The zero-order chi connectivity index (χ0) is 21.0. The highest BCUT2D eigenvalue weighted by atomic mass is 32.1. The Bertz CT molecular complexity index is 1030. The van der Waals surface area contributed by atoms with E-state index < -0.39 is 0 Å². The molecule has 0 fully saturated rings. The zero-order valence-corrected chi connectivity index (χ0v) is 17.6. The van der Waals surface area contributed by atoms with Gasteiger partial charge in [-0.3, -0.25) is 0 Å². The fraction of sp³-hybridized carbons (Fsp3) is 0.333. The lowest BCUT2D eigenvalue weighted by atomic mass is 10.2. The fourth-order valence-corrected chi connectivity index (χ4v) is 3.75. The summed E-state index contributed by atoms with van der Waals surface area (Å²) >= 11 is 1.28. The summed E-state index contributed by atoms with van der Waals surface area (Å²) in [5.41, 5.74) is 2.02. The van der Waals surface area contributed by atoms with Crippen LogP contribution < -0.4 is 5.32 Å². The lowest BCUT2D eigenvalue weighted by Crippen LogP contribution is -2.10. The smallest absolute Gasteiger partial charge is 0.348 e. The van der Waals surface area contributed by atoms with Crippen LogP contribution in [0, 0.1) is 12.8 Å². The van der Waals surface area contributed by atoms with Crippen LogP contribution in [0.25, 0.3) is 10.2 Å². The van der Waals surface area contributed by atoms with Gasteiger partial charge in [-0.15, -0.1) is 11.3 Å². The molecule has 0 atom stereocenters. The first-order chi connectivity index (χ1) is 13.9. The molecule has 0 aliphatic carbocycles. The van der Waals surface area contributed by atoms with Crippen molar-refractivity contribution in [1.29, 1.82) is 0 Å². The molecular weight excluding hydrogens is 390 g/mol. The normalized spacial score (nSPS) is 10.9. The number of hydrogen-bond acceptors (Lipinski definition) is 8. The summed E-state index contributed by atoms with van der Waals surface area (Å²) in [6, 6.07) is 6.98. The van der Waals surface area contributed by atoms with Crippen LogP contribution in [0.15, 0.2) is 30.6 Å². The number of fused-ring (bicyclic) bond motifs is 1. The average molecular weight is 413 g/mol. The third-order valence-corrected chi connectivity index (χ3v) is 5.30. The molecule has 0 spiro atoms. The predicted octanol–water partition coefficient (Wildman–Crippen LogP) is 4.73. The summed E-state index contributed by atoms with van der Waals surface area (Å²) in [4.78, 5) is 34.1. The lowest BCUT2D eigenvalue weighted by Gasteiger charge is -2.09. The van der Waals surface area contributed by atoms with Crippen molar-refractivity contribution in [3.8, 4) is 0 Å². The first-order valence-electron chi connectivity index (χ1n) is 9.36. The molecule has 1 aromatic carbocycles. The van der Waals surface area contributed by atoms with Crippen LogP contribution in [0.4, 0.5) is 11.5 Å². The van der Waals surface area contributed by atoms with Gasteiger partial charge in [0.1, 0.15) is 21.9 Å². The number of aryl methyl sites for hydroxylation is 1. The zero-order valence-electron chi connectivity index (χ0n) is 16.8. The third-order valence-electron chi connectivity index (χ3n) is 4.12. The second-order valence-electron chi connectivity index (χ2n) is 6.87. The number of thiophene rings is 1. The number of rotatable bonds is 7. The highest BCUT2D eigenvalue weighted by Gasteiger charge is 2.20. The second-order valence-corrected chi connectivity index (χ2v) is 7.87. The van der Waals surface area contributed by atoms with Gasteiger partial charge in [0.05, 0.1) is 24.2 Å². The molecule has 1 N–H and O–H groups in total. The molecule has 2 heterocycles. The standard InChI is InChI=1S/C21H23N3O4S/c1-5-27-21(26)17-13(4)16-18(22-11-23-19(16)29-17)24-15-8-6-14(7-9-15)20(25)28-10-12(2)3/h6-9,11-12H,5,10H2,1-4H3,(H,22,23,24). The number of carbonyl (C=O) groups excluding carboxylic acids is 2. The largest absolute Gasteiger partial charge is 0.462 e. The average Bonchev–Trinajstić information content (AvgIpc) is 3.04. The first kappa shape index (κ1) is 20.7. The van der Waals surface area contributed by atoms with E-state index in [4.69, 9.17) is 9.47 Å². The summed E-state index contributed by atoms with van der Waals surface area (Å²) in [7, 11) is 0. The molecule has 2 aromatic heterocycles. The highest BCUT2D eigenvalue weighted by Crippen LogP contribution is 2.34. The maximum absolute atomic E-state index is 12.2. The van der Waals surface area contributed by atoms with Crippen LogP contribution in [0.1, 0.15) is 46.4 Å². The van der Waals surface area contributed by atoms with Gasteiger partial charge in [-0.1, -0.05) is 13.8 Å². The minimum Gasteiger partial charge on any atom is -0.462 e. The monoisotopic (exact) mass is 413 g/mol. The molecule has 0 amide bonds. The summed E-state index contributed by atoms with van der Waals surface area (Å²) < 4.78 is 10.4. The van der Waals surface area contributed by atoms with Crippen molar-refractivity contribution >= 4 is 45.0 Å². The number of carbonyl (C=O) groups is 2. The highest BCUT2D eigenvalue weighted by molar-refractivity contribution is 7.20. The molecule has 0 aliphatic heterocycles. The van der Waals surface area contributed by atoms with Gasteiger partial charge < -0.3 is 14.8 Å². The van der Waals surface area contributed by atoms with E-state index in [2.05, 4.69) is 15.3 Å². The summed E-state index contributed by atoms with van der Waals surface area (Å²) in [5, 5.41) is 4.02. The lowest BCUT2D eigenvalue weighted by molar-refractivity contribution is 0.0458. The molecule has 0 bridgehead atoms. The van der Waals surface area contributed by atoms with Crippen molar-refractivity contribution in [3.63, 3.8) is 0 Å². The van der Waals surface area contributed by atoms with Gasteiger partial charge in [-0.05, 0) is 49.6 Å². The topological polar surface area (TPSA) is 90.4 Å². The van der Waals surface area contributed by atoms with Crippen LogP contribution in [0.3, 0.4) is 0 Å². The van der Waals surface area contributed by atoms with Gasteiger partial charge in [0, 0.05) is 5.69 Å². The Morgan fingerprint density at radius 1 is 1.10 bits per heavy atom. The van der Waals surface area contributed by atoms with Crippen LogP contribution in [0.2, 0.25) is 0 Å². The number of anilines is 2. The molecule has 0 aliphatic rings. The molecule has 0 saturated carbocycles. The van der Waals surface area contributed by atoms with Gasteiger partial charge in [-0.2, -0.15) is 0 Å².